The smallest absolute Gasteiger partial charge is 0.475 e. The number of rotatable bonds is 6. The number of anilines is 1. The van der Waals surface area contributed by atoms with Crippen molar-refractivity contribution >= 4 is 28.9 Å². The maximum absolute atomic E-state index is 13.7. The molecule has 12 nitrogen and oxygen atoms in total. The fourth-order valence-corrected chi connectivity index (χ4v) is 4.88. The van der Waals surface area contributed by atoms with E-state index in [-0.39, 0.29) is 17.8 Å². The molecule has 0 unspecified atom stereocenters. The van der Waals surface area contributed by atoms with Gasteiger partial charge in [-0.05, 0) is 37.6 Å². The number of aromatic nitrogens is 4. The van der Waals surface area contributed by atoms with Crippen LogP contribution in [0.2, 0.25) is 0 Å². The molecule has 2 aliphatic rings. The molecule has 0 atom stereocenters. The van der Waals surface area contributed by atoms with Crippen LogP contribution in [0.4, 0.5) is 19.0 Å². The van der Waals surface area contributed by atoms with Crippen LogP contribution in [0.25, 0.3) is 11.2 Å². The topological polar surface area (TPSA) is 154 Å². The van der Waals surface area contributed by atoms with E-state index < -0.39 is 12.1 Å². The zero-order valence-electron chi connectivity index (χ0n) is 23.1. The average Bonchev–Trinajstić information content (AvgIpc) is 3.46. The molecule has 1 saturated heterocycles. The summed E-state index contributed by atoms with van der Waals surface area (Å²) in [5.41, 5.74) is 6.03. The molecule has 224 valence electrons. The number of carbonyl (C=O) groups is 2. The second-order valence-corrected chi connectivity index (χ2v) is 10.3. The zero-order chi connectivity index (χ0) is 30.3. The molecule has 1 aliphatic carbocycles. The number of halogens is 3. The Kier molecular flexibility index (Phi) is 9.92. The number of hydrazine groups is 1. The normalized spacial score (nSPS) is 16.7. The molecule has 42 heavy (non-hydrogen) atoms. The van der Waals surface area contributed by atoms with Crippen molar-refractivity contribution in [1.29, 1.82) is 5.26 Å². The number of amides is 1. The van der Waals surface area contributed by atoms with Crippen molar-refractivity contribution in [1.82, 2.24) is 34.7 Å². The minimum Gasteiger partial charge on any atom is -0.475 e. The van der Waals surface area contributed by atoms with E-state index in [0.717, 1.165) is 58.4 Å². The van der Waals surface area contributed by atoms with Crippen LogP contribution >= 0.6 is 0 Å². The zero-order valence-corrected chi connectivity index (χ0v) is 23.1. The Morgan fingerprint density at radius 1 is 1.12 bits per heavy atom. The highest BCUT2D eigenvalue weighted by atomic mass is 19.4. The average molecular weight is 588 g/mol. The van der Waals surface area contributed by atoms with Gasteiger partial charge in [-0.1, -0.05) is 31.4 Å². The number of hydrogen-bond donors (Lipinski definition) is 3. The Morgan fingerprint density at radius 2 is 1.76 bits per heavy atom. The van der Waals surface area contributed by atoms with Crippen LogP contribution in [0.5, 0.6) is 0 Å². The Bertz CT molecular complexity index is 1410. The summed E-state index contributed by atoms with van der Waals surface area (Å²) < 4.78 is 31.7. The van der Waals surface area contributed by atoms with Crippen molar-refractivity contribution in [2.24, 2.45) is 0 Å². The highest BCUT2D eigenvalue weighted by Gasteiger charge is 2.38. The fourth-order valence-electron chi connectivity index (χ4n) is 4.88. The number of aromatic amines is 1. The van der Waals surface area contributed by atoms with Crippen LogP contribution in [0.1, 0.15) is 53.8 Å². The Morgan fingerprint density at radius 3 is 2.36 bits per heavy atom. The molecule has 5 rings (SSSR count). The number of carboxylic acid groups (broad SMARTS) is 1. The number of hydrogen-bond acceptors (Lipinski definition) is 9. The highest BCUT2D eigenvalue weighted by Crippen LogP contribution is 2.26. The predicted octanol–water partition coefficient (Wildman–Crippen LogP) is 3.41. The Labute approximate surface area is 240 Å². The summed E-state index contributed by atoms with van der Waals surface area (Å²) in [7, 11) is 2.16. The summed E-state index contributed by atoms with van der Waals surface area (Å²) in [5.74, 6) is -2.47. The molecule has 0 bridgehead atoms. The quantitative estimate of drug-likeness (QED) is 0.366. The van der Waals surface area contributed by atoms with E-state index in [1.807, 2.05) is 18.2 Å². The second-order valence-electron chi connectivity index (χ2n) is 10.3. The third-order valence-electron chi connectivity index (χ3n) is 7.22. The third-order valence-corrected chi connectivity index (χ3v) is 7.22. The van der Waals surface area contributed by atoms with Gasteiger partial charge in [0.05, 0.1) is 12.4 Å². The van der Waals surface area contributed by atoms with Crippen LogP contribution in [0, 0.1) is 11.3 Å². The summed E-state index contributed by atoms with van der Waals surface area (Å²) in [6.45, 7) is 5.17. The number of aliphatic carboxylic acids is 1. The summed E-state index contributed by atoms with van der Waals surface area (Å²) in [4.78, 5) is 43.1. The molecule has 3 N–H and O–H groups in total. The fraction of sp³-hybridized carbons (Fsp3) is 0.481. The lowest BCUT2D eigenvalue weighted by molar-refractivity contribution is -0.192. The summed E-state index contributed by atoms with van der Waals surface area (Å²) >= 11 is 0. The molecule has 1 aromatic carbocycles. The number of nitrogens with zero attached hydrogens (tertiary/aromatic N) is 7. The van der Waals surface area contributed by atoms with Crippen molar-refractivity contribution in [3.05, 3.63) is 47.5 Å². The third kappa shape index (κ3) is 7.92. The van der Waals surface area contributed by atoms with E-state index in [1.165, 1.54) is 18.3 Å². The summed E-state index contributed by atoms with van der Waals surface area (Å²) in [6, 6.07) is 9.95. The van der Waals surface area contributed by atoms with Gasteiger partial charge in [0.25, 0.3) is 5.91 Å². The number of nitrogens with one attached hydrogen (secondary N) is 2. The molecule has 1 aliphatic heterocycles. The number of imidazole rings is 1. The molecule has 3 heterocycles. The standard InChI is InChI=1S/C25H31N9O.C2HF3O2/c1-32-11-13-33(14-12-32)16-18-7-9-19(10-8-18)25(35)34(20-5-3-2-4-6-20)31-24-22-23(28-17-27-22)29-21(15-26)30-24;3-2(4,5)1(6)7/h7-10,17,20H,2-6,11-14,16H2,1H3,(H2,27,28,29,30,31);(H,6,7). The highest BCUT2D eigenvalue weighted by molar-refractivity contribution is 5.96. The Balaban J connectivity index is 0.000000517. The van der Waals surface area contributed by atoms with E-state index in [2.05, 4.69) is 54.3 Å². The molecule has 2 aromatic heterocycles. The molecule has 1 saturated carbocycles. The van der Waals surface area contributed by atoms with Gasteiger partial charge in [0.2, 0.25) is 5.82 Å². The van der Waals surface area contributed by atoms with Crippen molar-refractivity contribution < 1.29 is 27.9 Å². The number of likely N-dealkylation sites (N-methyl/N-ethyl adjacent to an activating group) is 1. The van der Waals surface area contributed by atoms with Crippen LogP contribution in [0.3, 0.4) is 0 Å². The number of carbonyl (C=O) groups excluding carboxylic acids is 1. The van der Waals surface area contributed by atoms with Crippen molar-refractivity contribution in [2.45, 2.75) is 50.9 Å². The molecule has 2 fully saturated rings. The first-order valence-electron chi connectivity index (χ1n) is 13.6. The van der Waals surface area contributed by atoms with Gasteiger partial charge in [0, 0.05) is 38.3 Å². The summed E-state index contributed by atoms with van der Waals surface area (Å²) in [5, 5.41) is 18.2. The molecule has 15 heteroatoms. The number of carboxylic acids is 1. The van der Waals surface area contributed by atoms with Gasteiger partial charge < -0.3 is 15.0 Å². The van der Waals surface area contributed by atoms with Crippen LogP contribution in [-0.4, -0.2) is 97.2 Å². The number of nitriles is 1. The van der Waals surface area contributed by atoms with Crippen LogP contribution in [-0.2, 0) is 11.3 Å². The lowest BCUT2D eigenvalue weighted by Crippen LogP contribution is -2.45. The SMILES string of the molecule is CN1CCN(Cc2ccc(C(=O)N(Nc3nc(C#N)nc4nc[nH]c34)C3CCCCC3)cc2)CC1.O=C(O)C(F)(F)F. The number of H-pyrrole nitrogens is 1. The number of alkyl halides is 3. The number of piperazine rings is 1. The van der Waals surface area contributed by atoms with Crippen LogP contribution in [0.15, 0.2) is 30.6 Å². The maximum atomic E-state index is 13.7. The monoisotopic (exact) mass is 587 g/mol. The van der Waals surface area contributed by atoms with Crippen LogP contribution < -0.4 is 5.43 Å². The molecule has 0 radical (unpaired) electrons. The first-order chi connectivity index (χ1) is 20.0. The largest absolute Gasteiger partial charge is 0.490 e. The van der Waals surface area contributed by atoms with Crippen molar-refractivity contribution in [3.8, 4) is 6.07 Å². The van der Waals surface area contributed by atoms with E-state index in [9.17, 15) is 23.2 Å². The molecule has 1 amide bonds. The van der Waals surface area contributed by atoms with Gasteiger partial charge in [-0.3, -0.25) is 15.1 Å². The Hall–Kier alpha value is -4.29. The number of benzene rings is 1. The van der Waals surface area contributed by atoms with Crippen molar-refractivity contribution in [3.63, 3.8) is 0 Å². The minimum absolute atomic E-state index is 0.0106. The van der Waals surface area contributed by atoms with Gasteiger partial charge in [0.15, 0.2) is 11.5 Å². The molecular weight excluding hydrogens is 555 g/mol. The molecule has 0 spiro atoms. The molecule has 3 aromatic rings. The summed E-state index contributed by atoms with van der Waals surface area (Å²) in [6.07, 6.45) is 1.60. The second kappa shape index (κ2) is 13.6. The molecular formula is C27H32F3N9O3. The van der Waals surface area contributed by atoms with Gasteiger partial charge in [-0.2, -0.15) is 28.4 Å². The lowest BCUT2D eigenvalue weighted by atomic mass is 9.94. The lowest BCUT2D eigenvalue weighted by Gasteiger charge is -2.35. The maximum Gasteiger partial charge on any atom is 0.490 e. The van der Waals surface area contributed by atoms with Crippen molar-refractivity contribution in [2.75, 3.05) is 38.7 Å². The number of fused-ring (bicyclic) bond motifs is 1. The van der Waals surface area contributed by atoms with Gasteiger partial charge in [0.1, 0.15) is 11.6 Å². The first-order valence-corrected chi connectivity index (χ1v) is 13.6. The van der Waals surface area contributed by atoms with Gasteiger partial charge >= 0.3 is 12.1 Å². The predicted molar refractivity (Wildman–Crippen MR) is 146 cm³/mol. The van der Waals surface area contributed by atoms with E-state index in [4.69, 9.17) is 9.90 Å². The van der Waals surface area contributed by atoms with E-state index in [0.29, 0.717) is 22.5 Å². The first kappa shape index (κ1) is 30.7. The van der Waals surface area contributed by atoms with Gasteiger partial charge in [-0.15, -0.1) is 0 Å². The van der Waals surface area contributed by atoms with E-state index >= 15 is 0 Å². The van der Waals surface area contributed by atoms with E-state index in [1.54, 1.807) is 5.01 Å². The van der Waals surface area contributed by atoms with Gasteiger partial charge in [-0.25, -0.2) is 14.8 Å². The minimum atomic E-state index is -5.08.